The molecule has 2 aliphatic rings. The molecule has 2 heterocycles. The summed E-state index contributed by atoms with van der Waals surface area (Å²) in [5.41, 5.74) is 3.57. The quantitative estimate of drug-likeness (QED) is 0.836. The van der Waals surface area contributed by atoms with E-state index < -0.39 is 18.0 Å². The summed E-state index contributed by atoms with van der Waals surface area (Å²) in [4.78, 5) is 31.1. The number of carbonyl (C=O) groups is 2. The molecular formula is C15H19FN4O4. The van der Waals surface area contributed by atoms with Crippen LogP contribution in [0.25, 0.3) is 0 Å². The minimum absolute atomic E-state index is 0.196. The molecule has 3 rings (SSSR count). The zero-order chi connectivity index (χ0) is 17.1. The summed E-state index contributed by atoms with van der Waals surface area (Å²) in [6, 6.07) is 4.59. The first-order valence-electron chi connectivity index (χ1n) is 7.66. The smallest absolute Gasteiger partial charge is 0.414 e. The van der Waals surface area contributed by atoms with Crippen LogP contribution in [0.4, 0.5) is 20.6 Å². The van der Waals surface area contributed by atoms with Crippen LogP contribution in [-0.4, -0.2) is 51.0 Å². The number of nitrogens with one attached hydrogen (secondary N) is 2. The molecule has 24 heavy (non-hydrogen) atoms. The highest BCUT2D eigenvalue weighted by atomic mass is 19.1. The first kappa shape index (κ1) is 16.5. The van der Waals surface area contributed by atoms with Crippen LogP contribution in [-0.2, 0) is 14.4 Å². The number of halogens is 1. The fourth-order valence-corrected chi connectivity index (χ4v) is 2.65. The Balaban J connectivity index is 1.69. The lowest BCUT2D eigenvalue weighted by Crippen LogP contribution is -2.42. The fraction of sp³-hybridized carbons (Fsp3) is 0.467. The number of rotatable bonds is 4. The maximum absolute atomic E-state index is 14.4. The lowest BCUT2D eigenvalue weighted by molar-refractivity contribution is -0.119. The second-order valence-electron chi connectivity index (χ2n) is 5.62. The highest BCUT2D eigenvalue weighted by Gasteiger charge is 2.33. The zero-order valence-electron chi connectivity index (χ0n) is 13.3. The molecule has 2 aliphatic heterocycles. The summed E-state index contributed by atoms with van der Waals surface area (Å²) in [6.45, 7) is 3.36. The molecule has 1 aromatic rings. The van der Waals surface area contributed by atoms with Gasteiger partial charge < -0.3 is 15.0 Å². The van der Waals surface area contributed by atoms with E-state index in [2.05, 4.69) is 10.8 Å². The van der Waals surface area contributed by atoms with E-state index in [1.807, 2.05) is 0 Å². The maximum Gasteiger partial charge on any atom is 0.414 e. The van der Waals surface area contributed by atoms with Crippen molar-refractivity contribution in [1.82, 2.24) is 10.8 Å². The number of hydrogen-bond donors (Lipinski definition) is 2. The zero-order valence-corrected chi connectivity index (χ0v) is 13.3. The van der Waals surface area contributed by atoms with Gasteiger partial charge in [0.15, 0.2) is 0 Å². The van der Waals surface area contributed by atoms with Gasteiger partial charge in [-0.3, -0.25) is 14.5 Å². The van der Waals surface area contributed by atoms with Gasteiger partial charge in [-0.05, 0) is 18.2 Å². The van der Waals surface area contributed by atoms with Crippen LogP contribution in [0.5, 0.6) is 0 Å². The summed E-state index contributed by atoms with van der Waals surface area (Å²) >= 11 is 0. The molecule has 2 saturated heterocycles. The Hall–Kier alpha value is -2.39. The number of hydroxylamine groups is 1. The van der Waals surface area contributed by atoms with Gasteiger partial charge in [-0.2, -0.15) is 5.48 Å². The van der Waals surface area contributed by atoms with E-state index in [1.165, 1.54) is 17.9 Å². The van der Waals surface area contributed by atoms with Gasteiger partial charge in [0.05, 0.1) is 24.5 Å². The van der Waals surface area contributed by atoms with Crippen LogP contribution in [0.1, 0.15) is 6.92 Å². The van der Waals surface area contributed by atoms with Crippen molar-refractivity contribution >= 4 is 23.4 Å². The molecule has 1 aromatic carbocycles. The van der Waals surface area contributed by atoms with E-state index in [-0.39, 0.29) is 25.7 Å². The Morgan fingerprint density at radius 1 is 1.50 bits per heavy atom. The molecule has 130 valence electrons. The third-order valence-corrected chi connectivity index (χ3v) is 3.84. The molecule has 0 radical (unpaired) electrons. The Bertz CT molecular complexity index is 636. The van der Waals surface area contributed by atoms with Crippen molar-refractivity contribution in [3.8, 4) is 0 Å². The topological polar surface area (TPSA) is 83.1 Å². The van der Waals surface area contributed by atoms with E-state index in [0.717, 1.165) is 0 Å². The molecule has 0 saturated carbocycles. The summed E-state index contributed by atoms with van der Waals surface area (Å²) < 4.78 is 19.6. The third kappa shape index (κ3) is 3.57. The van der Waals surface area contributed by atoms with Crippen molar-refractivity contribution in [2.45, 2.75) is 13.0 Å². The van der Waals surface area contributed by atoms with Crippen molar-refractivity contribution in [3.63, 3.8) is 0 Å². The van der Waals surface area contributed by atoms with E-state index in [0.29, 0.717) is 24.5 Å². The van der Waals surface area contributed by atoms with Crippen LogP contribution in [0.3, 0.4) is 0 Å². The highest BCUT2D eigenvalue weighted by molar-refractivity contribution is 5.90. The lowest BCUT2D eigenvalue weighted by atomic mass is 10.2. The monoisotopic (exact) mass is 338 g/mol. The van der Waals surface area contributed by atoms with Crippen molar-refractivity contribution in [3.05, 3.63) is 24.0 Å². The average Bonchev–Trinajstić information content (AvgIpc) is 2.94. The molecule has 1 atom stereocenters. The molecule has 0 aliphatic carbocycles. The van der Waals surface area contributed by atoms with Gasteiger partial charge in [0.2, 0.25) is 5.91 Å². The Morgan fingerprint density at radius 3 is 3.00 bits per heavy atom. The standard InChI is InChI=1S/C15H19FN4O4/c1-10(21)17-7-12-8-20(15(22)24-12)11-2-3-14(13(16)6-11)19-5-4-18-23-9-19/h2-3,6,12,18H,4-5,7-9H2,1H3,(H,17,21)/t12-/m0/s1. The van der Waals surface area contributed by atoms with Crippen LogP contribution in [0.15, 0.2) is 18.2 Å². The molecule has 8 nitrogen and oxygen atoms in total. The Kier molecular flexibility index (Phi) is 4.81. The second kappa shape index (κ2) is 7.02. The molecule has 0 bridgehead atoms. The first-order chi connectivity index (χ1) is 11.5. The number of nitrogens with zero attached hydrogens (tertiary/aromatic N) is 2. The molecule has 2 amide bonds. The van der Waals surface area contributed by atoms with Gasteiger partial charge in [0.25, 0.3) is 0 Å². The van der Waals surface area contributed by atoms with Crippen LogP contribution < -0.4 is 20.6 Å². The van der Waals surface area contributed by atoms with Gasteiger partial charge >= 0.3 is 6.09 Å². The first-order valence-corrected chi connectivity index (χ1v) is 7.66. The second-order valence-corrected chi connectivity index (χ2v) is 5.62. The fourth-order valence-electron chi connectivity index (χ4n) is 2.65. The highest BCUT2D eigenvalue weighted by Crippen LogP contribution is 2.28. The van der Waals surface area contributed by atoms with Gasteiger partial charge in [0.1, 0.15) is 18.7 Å². The number of carbonyl (C=O) groups excluding carboxylic acids is 2. The van der Waals surface area contributed by atoms with Crippen molar-refractivity contribution in [1.29, 1.82) is 0 Å². The Morgan fingerprint density at radius 2 is 2.33 bits per heavy atom. The van der Waals surface area contributed by atoms with E-state index in [1.54, 1.807) is 17.0 Å². The van der Waals surface area contributed by atoms with Gasteiger partial charge in [-0.1, -0.05) is 0 Å². The molecular weight excluding hydrogens is 319 g/mol. The lowest BCUT2D eigenvalue weighted by Gasteiger charge is -2.29. The number of benzene rings is 1. The molecule has 0 aromatic heterocycles. The number of ether oxygens (including phenoxy) is 1. The van der Waals surface area contributed by atoms with E-state index in [4.69, 9.17) is 9.57 Å². The largest absolute Gasteiger partial charge is 0.442 e. The SMILES string of the molecule is CC(=O)NC[C@H]1CN(c2ccc(N3CCNOC3)c(F)c2)C(=O)O1. The number of anilines is 2. The number of cyclic esters (lactones) is 1. The third-order valence-electron chi connectivity index (χ3n) is 3.84. The van der Waals surface area contributed by atoms with E-state index in [9.17, 15) is 14.0 Å². The molecule has 2 N–H and O–H groups in total. The molecule has 9 heteroatoms. The van der Waals surface area contributed by atoms with Crippen molar-refractivity contribution in [2.24, 2.45) is 0 Å². The van der Waals surface area contributed by atoms with Gasteiger partial charge in [-0.15, -0.1) is 0 Å². The summed E-state index contributed by atoms with van der Waals surface area (Å²) in [7, 11) is 0. The van der Waals surface area contributed by atoms with Crippen LogP contribution in [0.2, 0.25) is 0 Å². The predicted octanol–water partition coefficient (Wildman–Crippen LogP) is 0.586. The van der Waals surface area contributed by atoms with Crippen molar-refractivity contribution < 1.29 is 23.6 Å². The van der Waals surface area contributed by atoms with Crippen molar-refractivity contribution in [2.75, 3.05) is 42.7 Å². The van der Waals surface area contributed by atoms with Crippen LogP contribution in [0, 0.1) is 5.82 Å². The summed E-state index contributed by atoms with van der Waals surface area (Å²) in [6.07, 6.45) is -1.01. The molecule has 0 unspecified atom stereocenters. The van der Waals surface area contributed by atoms with Crippen LogP contribution >= 0.6 is 0 Å². The number of hydrogen-bond acceptors (Lipinski definition) is 6. The minimum atomic E-state index is -0.553. The summed E-state index contributed by atoms with van der Waals surface area (Å²) in [5, 5.41) is 2.60. The normalized spacial score (nSPS) is 20.9. The molecule has 0 spiro atoms. The maximum atomic E-state index is 14.4. The Labute approximate surface area is 138 Å². The van der Waals surface area contributed by atoms with Gasteiger partial charge in [0, 0.05) is 20.0 Å². The summed E-state index contributed by atoms with van der Waals surface area (Å²) in [5.74, 6) is -0.630. The predicted molar refractivity (Wildman–Crippen MR) is 84.0 cm³/mol. The van der Waals surface area contributed by atoms with Gasteiger partial charge in [-0.25, -0.2) is 9.18 Å². The average molecular weight is 338 g/mol. The number of amides is 2. The van der Waals surface area contributed by atoms with E-state index >= 15 is 0 Å². The minimum Gasteiger partial charge on any atom is -0.442 e. The molecule has 2 fully saturated rings.